The van der Waals surface area contributed by atoms with Gasteiger partial charge in [-0.15, -0.1) is 0 Å². The second-order valence-electron chi connectivity index (χ2n) is 7.36. The molecule has 1 aliphatic heterocycles. The summed E-state index contributed by atoms with van der Waals surface area (Å²) >= 11 is 6.62. The van der Waals surface area contributed by atoms with Gasteiger partial charge in [0.05, 0.1) is 0 Å². The van der Waals surface area contributed by atoms with Crippen LogP contribution in [0, 0.1) is 5.82 Å². The number of hydrogen-bond donors (Lipinski definition) is 2. The van der Waals surface area contributed by atoms with Crippen LogP contribution in [-0.2, 0) is 11.2 Å². The van der Waals surface area contributed by atoms with E-state index in [1.807, 2.05) is 30.3 Å². The van der Waals surface area contributed by atoms with Crippen LogP contribution < -0.4 is 0 Å². The summed E-state index contributed by atoms with van der Waals surface area (Å²) in [7, 11) is 0. The van der Waals surface area contributed by atoms with Gasteiger partial charge in [0, 0.05) is 0 Å². The Balaban J connectivity index is 1.53. The number of benzene rings is 2. The Bertz CT molecular complexity index is 973. The van der Waals surface area contributed by atoms with Gasteiger partial charge in [0.15, 0.2) is 0 Å². The van der Waals surface area contributed by atoms with Gasteiger partial charge in [0.1, 0.15) is 0 Å². The molecule has 3 unspecified atom stereocenters. The van der Waals surface area contributed by atoms with Crippen LogP contribution in [0.15, 0.2) is 54.6 Å². The molecule has 3 aromatic rings. The van der Waals surface area contributed by atoms with Crippen molar-refractivity contribution < 1.29 is 19.3 Å². The van der Waals surface area contributed by atoms with E-state index in [-0.39, 0.29) is 39.1 Å². The third-order valence-corrected chi connectivity index (χ3v) is 7.93. The van der Waals surface area contributed by atoms with E-state index in [1.54, 1.807) is 0 Å². The molecule has 4 rings (SSSR count). The van der Waals surface area contributed by atoms with Crippen molar-refractivity contribution in [2.45, 2.75) is 37.6 Å². The van der Waals surface area contributed by atoms with Gasteiger partial charge in [-0.05, 0) is 0 Å². The Kier molecular flexibility index (Phi) is 6.55. The zero-order chi connectivity index (χ0) is 20.4. The van der Waals surface area contributed by atoms with Crippen LogP contribution in [0.25, 0.3) is 10.0 Å². The van der Waals surface area contributed by atoms with Gasteiger partial charge in [-0.2, -0.15) is 0 Å². The topological polar surface area (TPSA) is 49.7 Å². The summed E-state index contributed by atoms with van der Waals surface area (Å²) in [5.74, 6) is -0.227. The Labute approximate surface area is 180 Å². The van der Waals surface area contributed by atoms with Crippen LogP contribution in [-0.4, -0.2) is 43.5 Å². The van der Waals surface area contributed by atoms with Crippen molar-refractivity contribution in [1.82, 2.24) is 0 Å². The fraction of sp³-hybridized carbons (Fsp3) is 0.304. The summed E-state index contributed by atoms with van der Waals surface area (Å²) in [4.78, 5) is 0. The maximum atomic E-state index is 13.2. The molecule has 3 nitrogen and oxygen atoms in total. The molecule has 6 heteroatoms. The van der Waals surface area contributed by atoms with Gasteiger partial charge in [-0.1, -0.05) is 0 Å². The van der Waals surface area contributed by atoms with Crippen LogP contribution in [0.5, 0.6) is 0 Å². The molecule has 0 amide bonds. The van der Waals surface area contributed by atoms with Gasteiger partial charge in [0.2, 0.25) is 0 Å². The van der Waals surface area contributed by atoms with E-state index in [0.717, 1.165) is 23.1 Å². The second kappa shape index (κ2) is 9.13. The zero-order valence-corrected chi connectivity index (χ0v) is 18.2. The predicted octanol–water partition coefficient (Wildman–Crippen LogP) is 4.37. The molecular formula is C23H22ClFO3Se. The molecule has 3 atom stereocenters. The molecule has 0 spiro atoms. The number of halogens is 2. The summed E-state index contributed by atoms with van der Waals surface area (Å²) in [6.07, 6.45) is 0.649. The van der Waals surface area contributed by atoms with E-state index in [4.69, 9.17) is 16.3 Å². The maximum absolute atomic E-state index is 13.2. The average molecular weight is 480 g/mol. The van der Waals surface area contributed by atoms with Crippen molar-refractivity contribution in [3.8, 4) is 10.0 Å². The Morgan fingerprint density at radius 3 is 2.62 bits per heavy atom. The SMILES string of the molecule is OCC1CC(O)CC(c2ccc(Cl)c(Cc3ccc(-c4ccc(F)cc4)[se]3)c2)O1. The number of rotatable bonds is 5. The molecule has 1 fully saturated rings. The van der Waals surface area contributed by atoms with Crippen LogP contribution in [0.1, 0.15) is 34.5 Å². The van der Waals surface area contributed by atoms with Crippen molar-refractivity contribution in [2.24, 2.45) is 0 Å². The summed E-state index contributed by atoms with van der Waals surface area (Å²) in [6.45, 7) is -0.0960. The fourth-order valence-corrected chi connectivity index (χ4v) is 6.04. The Morgan fingerprint density at radius 1 is 1.07 bits per heavy atom. The normalized spacial score (nSPS) is 22.0. The Hall–Kier alpha value is -1.46. The van der Waals surface area contributed by atoms with E-state index in [9.17, 15) is 14.6 Å². The first-order valence-corrected chi connectivity index (χ1v) is 11.7. The molecular weight excluding hydrogens is 458 g/mol. The molecule has 152 valence electrons. The quantitative estimate of drug-likeness (QED) is 0.534. The van der Waals surface area contributed by atoms with Crippen molar-refractivity contribution in [3.63, 3.8) is 0 Å². The molecule has 29 heavy (non-hydrogen) atoms. The van der Waals surface area contributed by atoms with E-state index >= 15 is 0 Å². The van der Waals surface area contributed by atoms with Crippen molar-refractivity contribution in [2.75, 3.05) is 6.61 Å². The van der Waals surface area contributed by atoms with Gasteiger partial charge in [0.25, 0.3) is 0 Å². The minimum absolute atomic E-state index is 0.0960. The zero-order valence-electron chi connectivity index (χ0n) is 15.7. The predicted molar refractivity (Wildman–Crippen MR) is 113 cm³/mol. The van der Waals surface area contributed by atoms with Crippen LogP contribution in [0.2, 0.25) is 5.02 Å². The first-order valence-electron chi connectivity index (χ1n) is 9.59. The third-order valence-electron chi connectivity index (χ3n) is 5.18. The molecule has 0 aliphatic carbocycles. The van der Waals surface area contributed by atoms with Gasteiger partial charge >= 0.3 is 181 Å². The summed E-state index contributed by atoms with van der Waals surface area (Å²) in [6, 6.07) is 16.7. The molecule has 2 heterocycles. The molecule has 0 bridgehead atoms. The van der Waals surface area contributed by atoms with Crippen LogP contribution in [0.3, 0.4) is 0 Å². The molecule has 0 saturated carbocycles. The molecule has 0 radical (unpaired) electrons. The van der Waals surface area contributed by atoms with E-state index in [2.05, 4.69) is 12.1 Å². The van der Waals surface area contributed by atoms with E-state index in [1.165, 1.54) is 21.0 Å². The monoisotopic (exact) mass is 480 g/mol. The number of aliphatic hydroxyl groups is 2. The van der Waals surface area contributed by atoms with E-state index in [0.29, 0.717) is 17.9 Å². The summed E-state index contributed by atoms with van der Waals surface area (Å²) in [5, 5.41) is 20.2. The number of ether oxygens (including phenoxy) is 1. The first kappa shape index (κ1) is 20.8. The second-order valence-corrected chi connectivity index (χ2v) is 10.2. The van der Waals surface area contributed by atoms with Crippen LogP contribution >= 0.6 is 11.6 Å². The van der Waals surface area contributed by atoms with Crippen molar-refractivity contribution in [3.05, 3.63) is 81.0 Å². The number of hydrogen-bond acceptors (Lipinski definition) is 3. The summed E-state index contributed by atoms with van der Waals surface area (Å²) < 4.78 is 21.6. The van der Waals surface area contributed by atoms with Gasteiger partial charge < -0.3 is 0 Å². The van der Waals surface area contributed by atoms with Crippen molar-refractivity contribution >= 4 is 26.1 Å². The average Bonchev–Trinajstić information content (AvgIpc) is 3.18. The fourth-order valence-electron chi connectivity index (χ4n) is 3.68. The molecule has 1 aliphatic rings. The van der Waals surface area contributed by atoms with E-state index < -0.39 is 6.10 Å². The standard InChI is InChI=1S/C23H22ClFO3Se/c24-21-7-3-15(22-12-18(27)11-19(13-26)28-22)9-16(21)10-20-6-8-23(29-20)14-1-4-17(25)5-2-14/h1-9,18-19,22,26-27H,10-13H2. The number of aliphatic hydroxyl groups excluding tert-OH is 2. The molecule has 2 aromatic carbocycles. The minimum atomic E-state index is -0.478. The Morgan fingerprint density at radius 2 is 1.86 bits per heavy atom. The molecule has 1 saturated heterocycles. The van der Waals surface area contributed by atoms with Crippen LogP contribution in [0.4, 0.5) is 4.39 Å². The first-order chi connectivity index (χ1) is 14.0. The van der Waals surface area contributed by atoms with Gasteiger partial charge in [-0.25, -0.2) is 0 Å². The van der Waals surface area contributed by atoms with Gasteiger partial charge in [-0.3, -0.25) is 0 Å². The third kappa shape index (κ3) is 5.00. The molecule has 2 N–H and O–H groups in total. The summed E-state index contributed by atoms with van der Waals surface area (Å²) in [5.41, 5.74) is 3.05. The van der Waals surface area contributed by atoms with Crippen molar-refractivity contribution in [1.29, 1.82) is 0 Å². The molecule has 1 aromatic heterocycles.